The standard InChI is InChI=1S/C20H17F2N5O2/c1-29-17-7-12(24-20(28)15-4-2-3-14(25-15)18(21)22)9-27-10-16(26-19(17)27)13-6-5-11(13)8-23/h2-4,7,9-11,13,18H,5-6H2,1H3,(H,24,28)/t11-,13+/m0/s1. The van der Waals surface area contributed by atoms with Gasteiger partial charge in [0.1, 0.15) is 11.4 Å². The number of fused-ring (bicyclic) bond motifs is 1. The SMILES string of the molecule is COc1cc(NC(=O)c2cccc(C(F)F)n2)cn2cc([C@@H]3CC[C@H]3C#N)nc12. The van der Waals surface area contributed by atoms with E-state index >= 15 is 0 Å². The fraction of sp³-hybridized carbons (Fsp3) is 0.300. The molecule has 2 atom stereocenters. The lowest BCUT2D eigenvalue weighted by molar-refractivity contribution is 0.102. The van der Waals surface area contributed by atoms with Crippen LogP contribution in [0.5, 0.6) is 5.75 Å². The van der Waals surface area contributed by atoms with Gasteiger partial charge in [-0.05, 0) is 25.0 Å². The monoisotopic (exact) mass is 397 g/mol. The van der Waals surface area contributed by atoms with E-state index in [0.29, 0.717) is 17.1 Å². The lowest BCUT2D eigenvalue weighted by Gasteiger charge is -2.29. The Kier molecular flexibility index (Phi) is 4.84. The van der Waals surface area contributed by atoms with Crippen molar-refractivity contribution in [1.82, 2.24) is 14.4 Å². The molecule has 148 valence electrons. The first-order chi connectivity index (χ1) is 14.0. The van der Waals surface area contributed by atoms with Crippen molar-refractivity contribution >= 4 is 17.2 Å². The Morgan fingerprint density at radius 1 is 1.34 bits per heavy atom. The fourth-order valence-electron chi connectivity index (χ4n) is 3.39. The summed E-state index contributed by atoms with van der Waals surface area (Å²) in [4.78, 5) is 20.7. The third-order valence-corrected chi connectivity index (χ3v) is 5.06. The molecule has 1 saturated carbocycles. The molecule has 3 heterocycles. The Morgan fingerprint density at radius 2 is 2.17 bits per heavy atom. The molecular weight excluding hydrogens is 380 g/mol. The molecule has 0 bridgehead atoms. The fourth-order valence-corrected chi connectivity index (χ4v) is 3.39. The summed E-state index contributed by atoms with van der Waals surface area (Å²) < 4.78 is 32.8. The van der Waals surface area contributed by atoms with Crippen molar-refractivity contribution in [2.24, 2.45) is 5.92 Å². The summed E-state index contributed by atoms with van der Waals surface area (Å²) in [5.41, 5.74) is 1.20. The van der Waals surface area contributed by atoms with Crippen LogP contribution in [-0.4, -0.2) is 27.4 Å². The summed E-state index contributed by atoms with van der Waals surface area (Å²) >= 11 is 0. The van der Waals surface area contributed by atoms with E-state index < -0.39 is 18.0 Å². The first kappa shape index (κ1) is 18.8. The number of carbonyl (C=O) groups excluding carboxylic acids is 1. The maximum Gasteiger partial charge on any atom is 0.280 e. The number of hydrogen-bond donors (Lipinski definition) is 1. The number of ether oxygens (including phenoxy) is 1. The van der Waals surface area contributed by atoms with Crippen molar-refractivity contribution in [3.63, 3.8) is 0 Å². The maximum absolute atomic E-state index is 12.8. The zero-order valence-electron chi connectivity index (χ0n) is 15.5. The van der Waals surface area contributed by atoms with Crippen LogP contribution in [0, 0.1) is 17.2 Å². The van der Waals surface area contributed by atoms with Crippen molar-refractivity contribution in [1.29, 1.82) is 5.26 Å². The Labute approximate surface area is 165 Å². The molecule has 1 N–H and O–H groups in total. The first-order valence-electron chi connectivity index (χ1n) is 9.03. The average Bonchev–Trinajstić information content (AvgIpc) is 3.09. The molecule has 1 aliphatic rings. The maximum atomic E-state index is 12.8. The molecule has 3 aromatic rings. The zero-order valence-corrected chi connectivity index (χ0v) is 15.5. The highest BCUT2D eigenvalue weighted by Gasteiger charge is 2.34. The molecule has 7 nitrogen and oxygen atoms in total. The smallest absolute Gasteiger partial charge is 0.280 e. The largest absolute Gasteiger partial charge is 0.493 e. The van der Waals surface area contributed by atoms with Crippen molar-refractivity contribution < 1.29 is 18.3 Å². The van der Waals surface area contributed by atoms with Gasteiger partial charge >= 0.3 is 0 Å². The predicted octanol–water partition coefficient (Wildman–Crippen LogP) is 3.94. The molecule has 0 aromatic carbocycles. The van der Waals surface area contributed by atoms with Crippen LogP contribution in [0.15, 0.2) is 36.7 Å². The van der Waals surface area contributed by atoms with Crippen LogP contribution >= 0.6 is 0 Å². The van der Waals surface area contributed by atoms with E-state index in [1.54, 1.807) is 16.7 Å². The molecule has 9 heteroatoms. The topological polar surface area (TPSA) is 92.3 Å². The van der Waals surface area contributed by atoms with Crippen LogP contribution in [0.1, 0.15) is 47.1 Å². The number of rotatable bonds is 5. The third-order valence-electron chi connectivity index (χ3n) is 5.06. The number of carbonyl (C=O) groups is 1. The molecular formula is C20H17F2N5O2. The number of anilines is 1. The van der Waals surface area contributed by atoms with Crippen LogP contribution in [-0.2, 0) is 0 Å². The van der Waals surface area contributed by atoms with Crippen molar-refractivity contribution in [3.8, 4) is 11.8 Å². The Bertz CT molecular complexity index is 1120. The van der Waals surface area contributed by atoms with Crippen LogP contribution in [0.25, 0.3) is 5.65 Å². The van der Waals surface area contributed by atoms with E-state index in [4.69, 9.17) is 4.74 Å². The molecule has 0 spiro atoms. The van der Waals surface area contributed by atoms with Crippen LogP contribution in [0.4, 0.5) is 14.5 Å². The summed E-state index contributed by atoms with van der Waals surface area (Å²) in [6, 6.07) is 7.79. The quantitative estimate of drug-likeness (QED) is 0.704. The number of imidazole rings is 1. The number of halogens is 2. The van der Waals surface area contributed by atoms with Crippen LogP contribution in [0.3, 0.4) is 0 Å². The zero-order chi connectivity index (χ0) is 20.5. The minimum Gasteiger partial charge on any atom is -0.493 e. The lowest BCUT2D eigenvalue weighted by Crippen LogP contribution is -2.22. The average molecular weight is 397 g/mol. The number of amides is 1. The van der Waals surface area contributed by atoms with Gasteiger partial charge in [-0.1, -0.05) is 6.07 Å². The van der Waals surface area contributed by atoms with Gasteiger partial charge < -0.3 is 14.5 Å². The molecule has 29 heavy (non-hydrogen) atoms. The van der Waals surface area contributed by atoms with Crippen molar-refractivity contribution in [3.05, 3.63) is 53.7 Å². The van der Waals surface area contributed by atoms with Crippen LogP contribution in [0.2, 0.25) is 0 Å². The second-order valence-corrected chi connectivity index (χ2v) is 6.82. The molecule has 0 unspecified atom stereocenters. The first-order valence-corrected chi connectivity index (χ1v) is 9.03. The highest BCUT2D eigenvalue weighted by atomic mass is 19.3. The third kappa shape index (κ3) is 3.49. The minimum absolute atomic E-state index is 0.0433. The van der Waals surface area contributed by atoms with Gasteiger partial charge in [0.25, 0.3) is 12.3 Å². The summed E-state index contributed by atoms with van der Waals surface area (Å²) in [5.74, 6) is -0.129. The minimum atomic E-state index is -2.76. The molecule has 0 radical (unpaired) electrons. The van der Waals surface area contributed by atoms with E-state index in [1.165, 1.54) is 25.3 Å². The number of nitrogens with one attached hydrogen (secondary N) is 1. The number of aromatic nitrogens is 3. The molecule has 3 aromatic heterocycles. The molecule has 0 saturated heterocycles. The molecule has 1 fully saturated rings. The molecule has 1 aliphatic carbocycles. The molecule has 4 rings (SSSR count). The van der Waals surface area contributed by atoms with Crippen molar-refractivity contribution in [2.75, 3.05) is 12.4 Å². The highest BCUT2D eigenvalue weighted by molar-refractivity contribution is 6.03. The summed E-state index contributed by atoms with van der Waals surface area (Å²) in [6.45, 7) is 0. The van der Waals surface area contributed by atoms with E-state index in [-0.39, 0.29) is 17.5 Å². The van der Waals surface area contributed by atoms with Crippen LogP contribution < -0.4 is 10.1 Å². The summed E-state index contributed by atoms with van der Waals surface area (Å²) in [5, 5.41) is 11.8. The Hall–Kier alpha value is -3.54. The summed E-state index contributed by atoms with van der Waals surface area (Å²) in [7, 11) is 1.49. The normalized spacial score (nSPS) is 18.3. The van der Waals surface area contributed by atoms with Crippen molar-refractivity contribution in [2.45, 2.75) is 25.2 Å². The number of pyridine rings is 2. The number of nitriles is 1. The van der Waals surface area contributed by atoms with E-state index in [0.717, 1.165) is 18.5 Å². The van der Waals surface area contributed by atoms with E-state index in [9.17, 15) is 18.8 Å². The van der Waals surface area contributed by atoms with Gasteiger partial charge in [-0.15, -0.1) is 0 Å². The Morgan fingerprint density at radius 3 is 2.83 bits per heavy atom. The van der Waals surface area contributed by atoms with Gasteiger partial charge in [0.2, 0.25) is 0 Å². The second kappa shape index (κ2) is 7.47. The number of hydrogen-bond acceptors (Lipinski definition) is 5. The summed E-state index contributed by atoms with van der Waals surface area (Å²) in [6.07, 6.45) is 2.48. The molecule has 0 aliphatic heterocycles. The van der Waals surface area contributed by atoms with Gasteiger partial charge in [-0.2, -0.15) is 5.26 Å². The lowest BCUT2D eigenvalue weighted by atomic mass is 9.73. The number of nitrogens with zero attached hydrogens (tertiary/aromatic N) is 4. The van der Waals surface area contributed by atoms with E-state index in [2.05, 4.69) is 21.4 Å². The second-order valence-electron chi connectivity index (χ2n) is 6.82. The van der Waals surface area contributed by atoms with Gasteiger partial charge in [0.05, 0.1) is 30.5 Å². The Balaban J connectivity index is 1.63. The molecule has 1 amide bonds. The van der Waals surface area contributed by atoms with Gasteiger partial charge in [-0.3, -0.25) is 4.79 Å². The van der Waals surface area contributed by atoms with Gasteiger partial charge in [-0.25, -0.2) is 18.7 Å². The predicted molar refractivity (Wildman–Crippen MR) is 100.0 cm³/mol. The number of alkyl halides is 2. The van der Waals surface area contributed by atoms with Gasteiger partial charge in [0.15, 0.2) is 11.4 Å². The van der Waals surface area contributed by atoms with Gasteiger partial charge in [0, 0.05) is 24.4 Å². The number of methoxy groups -OCH3 is 1. The van der Waals surface area contributed by atoms with E-state index in [1.807, 2.05) is 6.20 Å². The highest BCUT2D eigenvalue weighted by Crippen LogP contribution is 2.42.